The van der Waals surface area contributed by atoms with Gasteiger partial charge in [-0.2, -0.15) is 0 Å². The lowest BCUT2D eigenvalue weighted by atomic mass is 9.77. The molecule has 0 unspecified atom stereocenters. The molecule has 2 aromatic carbocycles. The van der Waals surface area contributed by atoms with Crippen molar-refractivity contribution in [3.8, 4) is 0 Å². The van der Waals surface area contributed by atoms with Gasteiger partial charge in [-0.1, -0.05) is 42.5 Å². The van der Waals surface area contributed by atoms with Gasteiger partial charge in [-0.05, 0) is 74.9 Å². The average Bonchev–Trinajstić information content (AvgIpc) is 3.57. The van der Waals surface area contributed by atoms with Crippen molar-refractivity contribution in [2.24, 2.45) is 5.41 Å². The first kappa shape index (κ1) is 29.3. The van der Waals surface area contributed by atoms with E-state index in [-0.39, 0.29) is 23.3 Å². The number of hydrogen-bond donors (Lipinski definition) is 1. The molecule has 2 amide bonds. The Bertz CT molecular complexity index is 1380. The van der Waals surface area contributed by atoms with E-state index in [1.807, 2.05) is 23.1 Å². The molecule has 8 nitrogen and oxygen atoms in total. The van der Waals surface area contributed by atoms with Gasteiger partial charge in [-0.25, -0.2) is 8.42 Å². The van der Waals surface area contributed by atoms with Crippen molar-refractivity contribution in [3.05, 3.63) is 77.1 Å². The Morgan fingerprint density at radius 2 is 1.68 bits per heavy atom. The van der Waals surface area contributed by atoms with E-state index in [9.17, 15) is 18.0 Å². The van der Waals surface area contributed by atoms with E-state index in [2.05, 4.69) is 22.3 Å². The number of methoxy groups -OCH3 is 1. The molecule has 0 saturated carbocycles. The lowest BCUT2D eigenvalue weighted by Gasteiger charge is -2.38. The van der Waals surface area contributed by atoms with Gasteiger partial charge in [0.05, 0.1) is 29.0 Å². The molecule has 1 N–H and O–H groups in total. The van der Waals surface area contributed by atoms with Crippen molar-refractivity contribution in [1.29, 1.82) is 0 Å². The molecule has 2 saturated heterocycles. The molecule has 3 aliphatic rings. The summed E-state index contributed by atoms with van der Waals surface area (Å²) in [5, 5.41) is 3.28. The van der Waals surface area contributed by atoms with Crippen LogP contribution in [0.2, 0.25) is 0 Å². The zero-order valence-electron chi connectivity index (χ0n) is 24.1. The summed E-state index contributed by atoms with van der Waals surface area (Å²) >= 11 is 0. The highest BCUT2D eigenvalue weighted by Gasteiger charge is 2.47. The Morgan fingerprint density at radius 1 is 1.00 bits per heavy atom. The highest BCUT2D eigenvalue weighted by Crippen LogP contribution is 2.42. The van der Waals surface area contributed by atoms with Gasteiger partial charge in [0.25, 0.3) is 5.91 Å². The first-order valence-corrected chi connectivity index (χ1v) is 16.5. The molecular weight excluding hydrogens is 538 g/mol. The van der Waals surface area contributed by atoms with Crippen molar-refractivity contribution in [1.82, 2.24) is 15.1 Å². The van der Waals surface area contributed by atoms with Gasteiger partial charge in [0.15, 0.2) is 9.84 Å². The second kappa shape index (κ2) is 12.4. The number of nitrogens with one attached hydrogen (secondary N) is 1. The van der Waals surface area contributed by atoms with Gasteiger partial charge in [0.1, 0.15) is 5.76 Å². The number of sulfone groups is 1. The second-order valence-electron chi connectivity index (χ2n) is 11.7. The van der Waals surface area contributed by atoms with Crippen LogP contribution >= 0.6 is 0 Å². The lowest BCUT2D eigenvalue weighted by Crippen LogP contribution is -2.45. The number of rotatable bonds is 10. The zero-order chi connectivity index (χ0) is 29.0. The van der Waals surface area contributed by atoms with E-state index >= 15 is 0 Å². The van der Waals surface area contributed by atoms with Crippen molar-refractivity contribution in [3.63, 3.8) is 0 Å². The maximum Gasteiger partial charge on any atom is 0.251 e. The Morgan fingerprint density at radius 3 is 2.34 bits per heavy atom. The fraction of sp³-hybridized carbons (Fsp3) is 0.500. The third-order valence-electron chi connectivity index (χ3n) is 9.07. The van der Waals surface area contributed by atoms with E-state index < -0.39 is 9.84 Å². The average molecular weight is 580 g/mol. The molecule has 2 aliphatic heterocycles. The normalized spacial score (nSPS) is 20.0. The van der Waals surface area contributed by atoms with E-state index in [1.165, 1.54) is 6.26 Å². The Kier molecular flexibility index (Phi) is 8.85. The molecule has 2 aromatic rings. The number of carbonyl (C=O) groups excluding carboxylic acids is 2. The minimum atomic E-state index is -3.24. The van der Waals surface area contributed by atoms with Crippen LogP contribution in [0.3, 0.4) is 0 Å². The molecule has 1 aliphatic carbocycles. The molecule has 1 atom stereocenters. The molecule has 0 bridgehead atoms. The third-order valence-corrected chi connectivity index (χ3v) is 10.2. The van der Waals surface area contributed by atoms with E-state index in [0.717, 1.165) is 93.6 Å². The predicted molar refractivity (Wildman–Crippen MR) is 158 cm³/mol. The molecule has 220 valence electrons. The molecule has 5 rings (SSSR count). The third kappa shape index (κ3) is 6.67. The van der Waals surface area contributed by atoms with Crippen LogP contribution in [0.1, 0.15) is 62.1 Å². The SMILES string of the molecule is COC1=C(C(=O)N[C@@H](CCN2CCC3(CC2)CCN(Cc2ccc(S(C)(=O)=O)cc2)C3=O)c2ccccc2)CCC1. The summed E-state index contributed by atoms with van der Waals surface area (Å²) in [7, 11) is -1.60. The van der Waals surface area contributed by atoms with Crippen LogP contribution in [-0.4, -0.2) is 69.6 Å². The molecule has 2 heterocycles. The summed E-state index contributed by atoms with van der Waals surface area (Å²) in [6.07, 6.45) is 7.04. The van der Waals surface area contributed by atoms with Crippen LogP contribution in [0.5, 0.6) is 0 Å². The minimum Gasteiger partial charge on any atom is -0.501 e. The first-order valence-electron chi connectivity index (χ1n) is 14.6. The minimum absolute atomic E-state index is 0.0339. The standard InChI is InChI=1S/C32H41N3O5S/c1-40-29-10-6-9-27(29)30(36)33-28(25-7-4-3-5-8-25)15-19-34-20-16-32(17-21-34)18-22-35(31(32)37)23-24-11-13-26(14-12-24)41(2,38)39/h3-5,7-8,11-14,28H,6,9-10,15-23H2,1-2H3,(H,33,36)/t28-/m0/s1. The van der Waals surface area contributed by atoms with Crippen LogP contribution in [0.15, 0.2) is 70.8 Å². The molecule has 0 aromatic heterocycles. The summed E-state index contributed by atoms with van der Waals surface area (Å²) in [5.74, 6) is 0.989. The van der Waals surface area contributed by atoms with Crippen molar-refractivity contribution < 1.29 is 22.7 Å². The monoisotopic (exact) mass is 579 g/mol. The zero-order valence-corrected chi connectivity index (χ0v) is 24.9. The fourth-order valence-electron chi connectivity index (χ4n) is 6.52. The van der Waals surface area contributed by atoms with Crippen molar-refractivity contribution in [2.75, 3.05) is 39.5 Å². The number of allylic oxidation sites excluding steroid dienone is 1. The number of hydrogen-bond acceptors (Lipinski definition) is 6. The smallest absolute Gasteiger partial charge is 0.251 e. The Hall–Kier alpha value is -3.17. The van der Waals surface area contributed by atoms with Gasteiger partial charge in [-0.15, -0.1) is 0 Å². The van der Waals surface area contributed by atoms with Gasteiger partial charge in [0, 0.05) is 32.3 Å². The first-order chi connectivity index (χ1) is 19.7. The number of likely N-dealkylation sites (tertiary alicyclic amines) is 2. The molecule has 9 heteroatoms. The van der Waals surface area contributed by atoms with Crippen LogP contribution in [0.4, 0.5) is 0 Å². The highest BCUT2D eigenvalue weighted by atomic mass is 32.2. The van der Waals surface area contributed by atoms with Crippen LogP contribution in [0.25, 0.3) is 0 Å². The van der Waals surface area contributed by atoms with E-state index in [1.54, 1.807) is 31.4 Å². The van der Waals surface area contributed by atoms with Gasteiger partial charge in [0.2, 0.25) is 5.91 Å². The number of nitrogens with zero attached hydrogens (tertiary/aromatic N) is 2. The maximum atomic E-state index is 13.5. The highest BCUT2D eigenvalue weighted by molar-refractivity contribution is 7.90. The van der Waals surface area contributed by atoms with Crippen molar-refractivity contribution >= 4 is 21.7 Å². The summed E-state index contributed by atoms with van der Waals surface area (Å²) < 4.78 is 29.0. The molecular formula is C32H41N3O5S. The van der Waals surface area contributed by atoms with E-state index in [0.29, 0.717) is 11.4 Å². The van der Waals surface area contributed by atoms with Crippen LogP contribution in [-0.2, 0) is 30.7 Å². The number of carbonyl (C=O) groups is 2. The molecule has 1 spiro atoms. The second-order valence-corrected chi connectivity index (χ2v) is 13.7. The molecule has 2 fully saturated rings. The van der Waals surface area contributed by atoms with Gasteiger partial charge < -0.3 is 19.9 Å². The van der Waals surface area contributed by atoms with Gasteiger partial charge in [-0.3, -0.25) is 9.59 Å². The van der Waals surface area contributed by atoms with E-state index in [4.69, 9.17) is 4.74 Å². The number of ether oxygens (including phenoxy) is 1. The largest absolute Gasteiger partial charge is 0.501 e. The predicted octanol–water partition coefficient (Wildman–Crippen LogP) is 4.24. The quantitative estimate of drug-likeness (QED) is 0.453. The lowest BCUT2D eigenvalue weighted by molar-refractivity contribution is -0.139. The summed E-state index contributed by atoms with van der Waals surface area (Å²) in [4.78, 5) is 31.3. The maximum absolute atomic E-state index is 13.5. The summed E-state index contributed by atoms with van der Waals surface area (Å²) in [5.41, 5.74) is 2.50. The Balaban J connectivity index is 1.16. The summed E-state index contributed by atoms with van der Waals surface area (Å²) in [6, 6.07) is 16.9. The molecule has 0 radical (unpaired) electrons. The molecule has 41 heavy (non-hydrogen) atoms. The number of benzene rings is 2. The van der Waals surface area contributed by atoms with Crippen LogP contribution < -0.4 is 5.32 Å². The number of piperidine rings is 1. The fourth-order valence-corrected chi connectivity index (χ4v) is 7.15. The van der Waals surface area contributed by atoms with Crippen LogP contribution in [0, 0.1) is 5.41 Å². The van der Waals surface area contributed by atoms with Crippen molar-refractivity contribution in [2.45, 2.75) is 62.4 Å². The Labute approximate surface area is 243 Å². The van der Waals surface area contributed by atoms with Gasteiger partial charge >= 0.3 is 0 Å². The topological polar surface area (TPSA) is 96.0 Å². The summed E-state index contributed by atoms with van der Waals surface area (Å²) in [6.45, 7) is 3.80. The number of amides is 2.